The average Bonchev–Trinajstić information content (AvgIpc) is 2.63. The molecular weight excluding hydrogens is 292 g/mol. The largest absolute Gasteiger partial charge is 0.334 e. The molecule has 1 aromatic rings. The number of nitrogens with zero attached hydrogens (tertiary/aromatic N) is 4. The number of imidazole rings is 1. The fourth-order valence-corrected chi connectivity index (χ4v) is 2.98. The molecule has 1 aliphatic rings. The fourth-order valence-electron chi connectivity index (χ4n) is 2.48. The number of alkyl halides is 1. The molecule has 0 amide bonds. The fraction of sp³-hybridized carbons (Fsp3) is 0.769. The third-order valence-electron chi connectivity index (χ3n) is 3.66. The van der Waals surface area contributed by atoms with Gasteiger partial charge in [0.05, 0.1) is 0 Å². The van der Waals surface area contributed by atoms with Crippen LogP contribution in [0.5, 0.6) is 0 Å². The van der Waals surface area contributed by atoms with Gasteiger partial charge in [-0.15, -0.1) is 0 Å². The Morgan fingerprint density at radius 3 is 2.44 bits per heavy atom. The zero-order valence-corrected chi connectivity index (χ0v) is 12.8. The molecule has 0 aliphatic carbocycles. The molecule has 1 aliphatic heterocycles. The Bertz CT molecular complexity index is 353. The maximum atomic E-state index is 4.27. The Labute approximate surface area is 118 Å². The van der Waals surface area contributed by atoms with E-state index in [9.17, 15) is 0 Å². The van der Waals surface area contributed by atoms with Crippen molar-refractivity contribution in [1.29, 1.82) is 0 Å². The summed E-state index contributed by atoms with van der Waals surface area (Å²) in [4.78, 5) is 9.40. The number of hydrogen-bond donors (Lipinski definition) is 0. The van der Waals surface area contributed by atoms with Crippen LogP contribution in [0.15, 0.2) is 12.4 Å². The first kappa shape index (κ1) is 14.0. The Morgan fingerprint density at radius 2 is 1.83 bits per heavy atom. The first-order chi connectivity index (χ1) is 8.79. The van der Waals surface area contributed by atoms with Gasteiger partial charge in [-0.1, -0.05) is 15.9 Å². The van der Waals surface area contributed by atoms with Gasteiger partial charge < -0.3 is 14.4 Å². The van der Waals surface area contributed by atoms with Crippen LogP contribution in [0, 0.1) is 6.92 Å². The number of aryl methyl sites for hydroxylation is 1. The monoisotopic (exact) mass is 314 g/mol. The van der Waals surface area contributed by atoms with Crippen LogP contribution in [-0.4, -0.2) is 63.9 Å². The molecule has 1 aromatic heterocycles. The maximum absolute atomic E-state index is 4.27. The van der Waals surface area contributed by atoms with Gasteiger partial charge in [0.1, 0.15) is 5.82 Å². The maximum Gasteiger partial charge on any atom is 0.105 e. The van der Waals surface area contributed by atoms with E-state index >= 15 is 0 Å². The molecule has 0 N–H and O–H groups in total. The Balaban J connectivity index is 1.75. The van der Waals surface area contributed by atoms with E-state index in [4.69, 9.17) is 0 Å². The van der Waals surface area contributed by atoms with Gasteiger partial charge in [-0.05, 0) is 26.4 Å². The summed E-state index contributed by atoms with van der Waals surface area (Å²) in [5.74, 6) is 1.12. The zero-order valence-electron chi connectivity index (χ0n) is 11.2. The zero-order chi connectivity index (χ0) is 12.8. The highest BCUT2D eigenvalue weighted by atomic mass is 79.9. The third kappa shape index (κ3) is 4.07. The van der Waals surface area contributed by atoms with Gasteiger partial charge in [0.25, 0.3) is 0 Å². The van der Waals surface area contributed by atoms with E-state index in [2.05, 4.69) is 48.4 Å². The summed E-state index contributed by atoms with van der Waals surface area (Å²) in [5, 5.41) is 1.08. The molecule has 4 nitrogen and oxygen atoms in total. The van der Waals surface area contributed by atoms with Crippen LogP contribution in [0.3, 0.4) is 0 Å². The predicted octanol–water partition coefficient (Wildman–Crippen LogP) is 1.59. The second kappa shape index (κ2) is 7.26. The third-order valence-corrected chi connectivity index (χ3v) is 4.02. The second-order valence-electron chi connectivity index (χ2n) is 4.89. The smallest absolute Gasteiger partial charge is 0.105 e. The average molecular weight is 315 g/mol. The lowest BCUT2D eigenvalue weighted by molar-refractivity contribution is 0.256. The van der Waals surface area contributed by atoms with Gasteiger partial charge >= 0.3 is 0 Å². The molecular formula is C13H23BrN4. The van der Waals surface area contributed by atoms with Crippen LogP contribution in [0.2, 0.25) is 0 Å². The predicted molar refractivity (Wildman–Crippen MR) is 78.3 cm³/mol. The van der Waals surface area contributed by atoms with Crippen molar-refractivity contribution in [1.82, 2.24) is 19.4 Å². The van der Waals surface area contributed by atoms with Crippen molar-refractivity contribution < 1.29 is 0 Å². The number of rotatable bonds is 5. The lowest BCUT2D eigenvalue weighted by Gasteiger charge is -2.21. The van der Waals surface area contributed by atoms with Gasteiger partial charge in [-0.2, -0.15) is 0 Å². The molecule has 1 fully saturated rings. The molecule has 1 saturated heterocycles. The molecule has 102 valence electrons. The summed E-state index contributed by atoms with van der Waals surface area (Å²) in [6.07, 6.45) is 5.25. The van der Waals surface area contributed by atoms with E-state index in [0.717, 1.165) is 24.2 Å². The van der Waals surface area contributed by atoms with Gasteiger partial charge in [0, 0.05) is 50.4 Å². The first-order valence-electron chi connectivity index (χ1n) is 6.78. The van der Waals surface area contributed by atoms with Crippen molar-refractivity contribution in [2.45, 2.75) is 19.9 Å². The number of aromatic nitrogens is 2. The molecule has 0 aromatic carbocycles. The van der Waals surface area contributed by atoms with Gasteiger partial charge in [0.2, 0.25) is 0 Å². The molecule has 0 unspecified atom stereocenters. The molecule has 0 spiro atoms. The van der Waals surface area contributed by atoms with Gasteiger partial charge in [0.15, 0.2) is 0 Å². The molecule has 0 bridgehead atoms. The summed E-state index contributed by atoms with van der Waals surface area (Å²) in [5.41, 5.74) is 0. The second-order valence-corrected chi connectivity index (χ2v) is 5.69. The van der Waals surface area contributed by atoms with Crippen molar-refractivity contribution in [2.75, 3.05) is 44.6 Å². The van der Waals surface area contributed by atoms with Crippen LogP contribution in [0.25, 0.3) is 0 Å². The van der Waals surface area contributed by atoms with Crippen molar-refractivity contribution >= 4 is 15.9 Å². The van der Waals surface area contributed by atoms with Crippen LogP contribution in [0.1, 0.15) is 12.2 Å². The SMILES string of the molecule is Cc1nccn1CCN1CCCN(CCBr)CC1. The van der Waals surface area contributed by atoms with Gasteiger partial charge in [-0.25, -0.2) is 4.98 Å². The molecule has 18 heavy (non-hydrogen) atoms. The summed E-state index contributed by atoms with van der Waals surface area (Å²) in [6.45, 7) is 10.3. The van der Waals surface area contributed by atoms with E-state index in [1.54, 1.807) is 0 Å². The number of halogens is 1. The highest BCUT2D eigenvalue weighted by molar-refractivity contribution is 9.09. The molecule has 2 rings (SSSR count). The van der Waals surface area contributed by atoms with Crippen LogP contribution >= 0.6 is 15.9 Å². The van der Waals surface area contributed by atoms with E-state index in [-0.39, 0.29) is 0 Å². The Morgan fingerprint density at radius 1 is 1.11 bits per heavy atom. The van der Waals surface area contributed by atoms with Crippen molar-refractivity contribution in [2.24, 2.45) is 0 Å². The molecule has 2 heterocycles. The summed E-state index contributed by atoms with van der Waals surface area (Å²) >= 11 is 3.52. The molecule has 0 radical (unpaired) electrons. The highest BCUT2D eigenvalue weighted by Crippen LogP contribution is 2.04. The van der Waals surface area contributed by atoms with Crippen LogP contribution in [0.4, 0.5) is 0 Å². The van der Waals surface area contributed by atoms with Crippen molar-refractivity contribution in [3.8, 4) is 0 Å². The van der Waals surface area contributed by atoms with Crippen LogP contribution < -0.4 is 0 Å². The van der Waals surface area contributed by atoms with Gasteiger partial charge in [-0.3, -0.25) is 0 Å². The normalized spacial score (nSPS) is 19.0. The quantitative estimate of drug-likeness (QED) is 0.772. The van der Waals surface area contributed by atoms with E-state index in [0.29, 0.717) is 0 Å². The summed E-state index contributed by atoms with van der Waals surface area (Å²) in [7, 11) is 0. The minimum absolute atomic E-state index is 1.06. The minimum atomic E-state index is 1.06. The first-order valence-corrected chi connectivity index (χ1v) is 7.90. The van der Waals surface area contributed by atoms with Crippen molar-refractivity contribution in [3.05, 3.63) is 18.2 Å². The van der Waals surface area contributed by atoms with E-state index in [1.165, 1.54) is 39.1 Å². The molecule has 5 heteroatoms. The topological polar surface area (TPSA) is 24.3 Å². The Kier molecular flexibility index (Phi) is 5.66. The van der Waals surface area contributed by atoms with Crippen LogP contribution in [-0.2, 0) is 6.54 Å². The number of hydrogen-bond acceptors (Lipinski definition) is 3. The van der Waals surface area contributed by atoms with E-state index in [1.807, 2.05) is 6.20 Å². The molecule has 0 atom stereocenters. The van der Waals surface area contributed by atoms with E-state index < -0.39 is 0 Å². The highest BCUT2D eigenvalue weighted by Gasteiger charge is 2.13. The summed E-state index contributed by atoms with van der Waals surface area (Å²) in [6, 6.07) is 0. The standard InChI is InChI=1S/C13H23BrN4/c1-13-15-4-8-18(13)12-11-17-6-2-5-16(7-3-14)9-10-17/h4,8H,2-3,5-7,9-12H2,1H3. The lowest BCUT2D eigenvalue weighted by Crippen LogP contribution is -2.33. The molecule has 0 saturated carbocycles. The Hall–Kier alpha value is -0.390. The lowest BCUT2D eigenvalue weighted by atomic mass is 10.4. The summed E-state index contributed by atoms with van der Waals surface area (Å²) < 4.78 is 2.24. The van der Waals surface area contributed by atoms with Crippen molar-refractivity contribution in [3.63, 3.8) is 0 Å². The minimum Gasteiger partial charge on any atom is -0.334 e.